The highest BCUT2D eigenvalue weighted by molar-refractivity contribution is 7.89. The van der Waals surface area contributed by atoms with Crippen molar-refractivity contribution in [2.75, 3.05) is 13.1 Å². The van der Waals surface area contributed by atoms with Crippen molar-refractivity contribution in [3.8, 4) is 12.3 Å². The number of nitro groups is 1. The molecule has 0 unspecified atom stereocenters. The molecule has 0 saturated heterocycles. The minimum atomic E-state index is -3.97. The van der Waals surface area contributed by atoms with E-state index in [1.54, 1.807) is 6.92 Å². The number of nitrogens with zero attached hydrogens (tertiary/aromatic N) is 2. The molecule has 0 amide bonds. The Morgan fingerprint density at radius 2 is 2.11 bits per heavy atom. The minimum Gasteiger partial charge on any atom is -0.258 e. The zero-order chi connectivity index (χ0) is 14.6. The molecule has 0 aliphatic carbocycles. The van der Waals surface area contributed by atoms with E-state index in [9.17, 15) is 18.5 Å². The van der Waals surface area contributed by atoms with Gasteiger partial charge in [0.2, 0.25) is 0 Å². The van der Waals surface area contributed by atoms with E-state index in [1.807, 2.05) is 0 Å². The molecule has 7 heteroatoms. The standard InChI is InChI=1S/C12H14N2O4S/c1-4-9-13(5-2)19(17,18)12-10(3)7-6-8-11(12)14(15)16/h1,6-8H,5,9H2,2-3H3. The maximum atomic E-state index is 12.4. The highest BCUT2D eigenvalue weighted by atomic mass is 32.2. The molecular formula is C12H14N2O4S. The van der Waals surface area contributed by atoms with Crippen LogP contribution in [0, 0.1) is 29.4 Å². The summed E-state index contributed by atoms with van der Waals surface area (Å²) in [5.41, 5.74) is -0.111. The number of benzene rings is 1. The van der Waals surface area contributed by atoms with Crippen LogP contribution in [0.3, 0.4) is 0 Å². The smallest absolute Gasteiger partial charge is 0.258 e. The van der Waals surface area contributed by atoms with Gasteiger partial charge in [-0.25, -0.2) is 8.42 Å². The van der Waals surface area contributed by atoms with E-state index in [4.69, 9.17) is 6.42 Å². The number of sulfonamides is 1. The molecule has 0 spiro atoms. The van der Waals surface area contributed by atoms with Crippen molar-refractivity contribution in [3.63, 3.8) is 0 Å². The van der Waals surface area contributed by atoms with Crippen molar-refractivity contribution in [1.29, 1.82) is 0 Å². The first kappa shape index (κ1) is 15.1. The van der Waals surface area contributed by atoms with Crippen LogP contribution < -0.4 is 0 Å². The van der Waals surface area contributed by atoms with Crippen molar-refractivity contribution < 1.29 is 13.3 Å². The molecule has 0 heterocycles. The number of hydrogen-bond donors (Lipinski definition) is 0. The molecule has 0 bridgehead atoms. The van der Waals surface area contributed by atoms with E-state index in [-0.39, 0.29) is 18.0 Å². The van der Waals surface area contributed by atoms with Crippen molar-refractivity contribution in [1.82, 2.24) is 4.31 Å². The summed E-state index contributed by atoms with van der Waals surface area (Å²) in [6, 6.07) is 4.14. The first-order chi connectivity index (χ1) is 8.86. The molecule has 0 aliphatic heterocycles. The van der Waals surface area contributed by atoms with Gasteiger partial charge in [0.1, 0.15) is 0 Å². The Bertz CT molecular complexity index is 632. The fraction of sp³-hybridized carbons (Fsp3) is 0.333. The zero-order valence-electron chi connectivity index (χ0n) is 10.7. The third-order valence-corrected chi connectivity index (χ3v) is 4.72. The molecule has 0 fully saturated rings. The van der Waals surface area contributed by atoms with Gasteiger partial charge in [0.05, 0.1) is 11.5 Å². The Kier molecular flexibility index (Phi) is 4.64. The third kappa shape index (κ3) is 2.92. The number of nitro benzene ring substituents is 1. The lowest BCUT2D eigenvalue weighted by Crippen LogP contribution is -2.32. The zero-order valence-corrected chi connectivity index (χ0v) is 11.5. The Morgan fingerprint density at radius 3 is 2.58 bits per heavy atom. The van der Waals surface area contributed by atoms with Crippen LogP contribution in [0.4, 0.5) is 5.69 Å². The molecule has 1 aromatic carbocycles. The second-order valence-corrected chi connectivity index (χ2v) is 5.69. The van der Waals surface area contributed by atoms with E-state index in [2.05, 4.69) is 5.92 Å². The molecule has 6 nitrogen and oxygen atoms in total. The van der Waals surface area contributed by atoms with Gasteiger partial charge in [0.15, 0.2) is 4.90 Å². The monoisotopic (exact) mass is 282 g/mol. The number of rotatable bonds is 5. The Balaban J connectivity index is 3.53. The predicted octanol–water partition coefficient (Wildman–Crippen LogP) is 1.55. The van der Waals surface area contributed by atoms with Gasteiger partial charge in [-0.05, 0) is 12.5 Å². The number of terminal acetylenes is 1. The normalized spacial score (nSPS) is 11.3. The maximum absolute atomic E-state index is 12.4. The summed E-state index contributed by atoms with van der Waals surface area (Å²) in [6.45, 7) is 3.17. The van der Waals surface area contributed by atoms with Crippen molar-refractivity contribution in [2.45, 2.75) is 18.7 Å². The number of aryl methyl sites for hydroxylation is 1. The topological polar surface area (TPSA) is 80.5 Å². The van der Waals surface area contributed by atoms with Gasteiger partial charge >= 0.3 is 0 Å². The van der Waals surface area contributed by atoms with E-state index in [0.717, 1.165) is 4.31 Å². The van der Waals surface area contributed by atoms with E-state index >= 15 is 0 Å². The average molecular weight is 282 g/mol. The third-order valence-electron chi connectivity index (χ3n) is 2.61. The van der Waals surface area contributed by atoms with Gasteiger partial charge in [0.25, 0.3) is 15.7 Å². The second kappa shape index (κ2) is 5.82. The van der Waals surface area contributed by atoms with E-state index < -0.39 is 20.6 Å². The van der Waals surface area contributed by atoms with Crippen LogP contribution in [-0.2, 0) is 10.0 Å². The Hall–Kier alpha value is -1.91. The summed E-state index contributed by atoms with van der Waals surface area (Å²) >= 11 is 0. The van der Waals surface area contributed by atoms with E-state index in [1.165, 1.54) is 25.1 Å². The summed E-state index contributed by atoms with van der Waals surface area (Å²) in [5.74, 6) is 2.24. The molecule has 0 aliphatic rings. The van der Waals surface area contributed by atoms with Gasteiger partial charge in [-0.1, -0.05) is 25.0 Å². The van der Waals surface area contributed by atoms with Crippen molar-refractivity contribution in [3.05, 3.63) is 33.9 Å². The highest BCUT2D eigenvalue weighted by Gasteiger charge is 2.32. The Morgan fingerprint density at radius 1 is 1.47 bits per heavy atom. The lowest BCUT2D eigenvalue weighted by atomic mass is 10.2. The molecule has 0 N–H and O–H groups in total. The van der Waals surface area contributed by atoms with Crippen LogP contribution in [0.1, 0.15) is 12.5 Å². The molecule has 19 heavy (non-hydrogen) atoms. The van der Waals surface area contributed by atoms with Gasteiger partial charge < -0.3 is 0 Å². The molecule has 0 saturated carbocycles. The summed E-state index contributed by atoms with van der Waals surface area (Å²) in [6.07, 6.45) is 5.13. The van der Waals surface area contributed by atoms with Gasteiger partial charge in [-0.3, -0.25) is 10.1 Å². The SMILES string of the molecule is C#CCN(CC)S(=O)(=O)c1c(C)cccc1[N+](=O)[O-]. The van der Waals surface area contributed by atoms with Crippen LogP contribution in [-0.4, -0.2) is 30.7 Å². The molecule has 102 valence electrons. The molecular weight excluding hydrogens is 268 g/mol. The predicted molar refractivity (Wildman–Crippen MR) is 71.1 cm³/mol. The lowest BCUT2D eigenvalue weighted by molar-refractivity contribution is -0.387. The van der Waals surface area contributed by atoms with Crippen molar-refractivity contribution >= 4 is 15.7 Å². The van der Waals surface area contributed by atoms with Gasteiger partial charge in [-0.15, -0.1) is 6.42 Å². The van der Waals surface area contributed by atoms with Crippen LogP contribution in [0.2, 0.25) is 0 Å². The van der Waals surface area contributed by atoms with Crippen LogP contribution in [0.5, 0.6) is 0 Å². The van der Waals surface area contributed by atoms with Gasteiger partial charge in [0, 0.05) is 12.6 Å². The fourth-order valence-electron chi connectivity index (χ4n) is 1.71. The largest absolute Gasteiger partial charge is 0.289 e. The lowest BCUT2D eigenvalue weighted by Gasteiger charge is -2.18. The summed E-state index contributed by atoms with van der Waals surface area (Å²) in [5, 5.41) is 11.0. The van der Waals surface area contributed by atoms with Crippen LogP contribution in [0.15, 0.2) is 23.1 Å². The van der Waals surface area contributed by atoms with E-state index in [0.29, 0.717) is 5.56 Å². The average Bonchev–Trinajstić information content (AvgIpc) is 2.34. The summed E-state index contributed by atoms with van der Waals surface area (Å²) in [4.78, 5) is 9.97. The summed E-state index contributed by atoms with van der Waals surface area (Å²) < 4.78 is 25.9. The first-order valence-electron chi connectivity index (χ1n) is 5.53. The maximum Gasteiger partial charge on any atom is 0.289 e. The molecule has 1 aromatic rings. The Labute approximate surface area is 112 Å². The summed E-state index contributed by atoms with van der Waals surface area (Å²) in [7, 11) is -3.97. The minimum absolute atomic E-state index is 0.121. The van der Waals surface area contributed by atoms with Crippen LogP contribution >= 0.6 is 0 Å². The van der Waals surface area contributed by atoms with Gasteiger partial charge in [-0.2, -0.15) is 4.31 Å². The fourth-order valence-corrected chi connectivity index (χ4v) is 3.44. The second-order valence-electron chi connectivity index (χ2n) is 3.82. The van der Waals surface area contributed by atoms with Crippen molar-refractivity contribution in [2.24, 2.45) is 0 Å². The molecule has 1 rings (SSSR count). The molecule has 0 radical (unpaired) electrons. The number of hydrogen-bond acceptors (Lipinski definition) is 4. The quantitative estimate of drug-likeness (QED) is 0.466. The molecule has 0 aromatic heterocycles. The molecule has 0 atom stereocenters. The van der Waals surface area contributed by atoms with Crippen LogP contribution in [0.25, 0.3) is 0 Å². The first-order valence-corrected chi connectivity index (χ1v) is 6.97. The highest BCUT2D eigenvalue weighted by Crippen LogP contribution is 2.29.